The summed E-state index contributed by atoms with van der Waals surface area (Å²) in [6.45, 7) is 3.08. The van der Waals surface area contributed by atoms with E-state index in [9.17, 15) is 9.59 Å². The van der Waals surface area contributed by atoms with Gasteiger partial charge in [0.15, 0.2) is 0 Å². The van der Waals surface area contributed by atoms with Crippen molar-refractivity contribution in [1.82, 2.24) is 10.2 Å². The van der Waals surface area contributed by atoms with Crippen LogP contribution in [0.25, 0.3) is 0 Å². The minimum Gasteiger partial charge on any atom is -0.497 e. The number of ether oxygens (including phenoxy) is 1. The Morgan fingerprint density at radius 2 is 1.57 bits per heavy atom. The van der Waals surface area contributed by atoms with Gasteiger partial charge in [-0.25, -0.2) is 0 Å². The summed E-state index contributed by atoms with van der Waals surface area (Å²) in [5.41, 5.74) is 3.26. The van der Waals surface area contributed by atoms with Crippen molar-refractivity contribution in [2.45, 2.75) is 13.0 Å². The van der Waals surface area contributed by atoms with E-state index in [0.717, 1.165) is 17.0 Å². The number of carbonyl (C=O) groups is 2. The summed E-state index contributed by atoms with van der Waals surface area (Å²) in [6.07, 6.45) is 0.193. The topological polar surface area (TPSA) is 61.9 Å². The molecule has 0 unspecified atom stereocenters. The highest BCUT2D eigenvalue weighted by molar-refractivity contribution is 6.36. The zero-order valence-corrected chi connectivity index (χ0v) is 21.0. The van der Waals surface area contributed by atoms with Crippen LogP contribution in [0.15, 0.2) is 66.7 Å². The van der Waals surface area contributed by atoms with Crippen molar-refractivity contribution < 1.29 is 14.3 Å². The highest BCUT2D eigenvalue weighted by atomic mass is 35.5. The van der Waals surface area contributed by atoms with Crippen molar-refractivity contribution in [3.8, 4) is 5.75 Å². The van der Waals surface area contributed by atoms with Crippen LogP contribution < -0.4 is 15.0 Å². The van der Waals surface area contributed by atoms with Crippen molar-refractivity contribution in [3.63, 3.8) is 0 Å². The van der Waals surface area contributed by atoms with E-state index in [-0.39, 0.29) is 18.2 Å². The van der Waals surface area contributed by atoms with Crippen molar-refractivity contribution >= 4 is 40.7 Å². The van der Waals surface area contributed by atoms with Gasteiger partial charge >= 0.3 is 0 Å². The Hall–Kier alpha value is -3.22. The maximum absolute atomic E-state index is 12.8. The Balaban J connectivity index is 1.28. The Morgan fingerprint density at radius 3 is 2.23 bits per heavy atom. The molecule has 0 aliphatic carbocycles. The zero-order chi connectivity index (χ0) is 24.8. The summed E-state index contributed by atoms with van der Waals surface area (Å²) >= 11 is 12.4. The monoisotopic (exact) mass is 511 g/mol. The summed E-state index contributed by atoms with van der Waals surface area (Å²) in [7, 11) is 1.62. The van der Waals surface area contributed by atoms with Gasteiger partial charge < -0.3 is 19.9 Å². The van der Waals surface area contributed by atoms with E-state index in [2.05, 4.69) is 10.2 Å². The van der Waals surface area contributed by atoms with Gasteiger partial charge in [-0.3, -0.25) is 9.59 Å². The molecule has 0 bridgehead atoms. The quantitative estimate of drug-likeness (QED) is 0.493. The predicted molar refractivity (Wildman–Crippen MR) is 140 cm³/mol. The van der Waals surface area contributed by atoms with Crippen molar-refractivity contribution in [3.05, 3.63) is 93.5 Å². The summed E-state index contributed by atoms with van der Waals surface area (Å²) < 4.78 is 5.22. The van der Waals surface area contributed by atoms with Crippen LogP contribution in [0.2, 0.25) is 10.0 Å². The lowest BCUT2D eigenvalue weighted by molar-refractivity contribution is -0.130. The van der Waals surface area contributed by atoms with Crippen LogP contribution in [0.3, 0.4) is 0 Å². The van der Waals surface area contributed by atoms with E-state index < -0.39 is 0 Å². The van der Waals surface area contributed by atoms with Crippen LogP contribution in [0.1, 0.15) is 21.5 Å². The Bertz CT molecular complexity index is 1170. The summed E-state index contributed by atoms with van der Waals surface area (Å²) in [5, 5.41) is 3.96. The van der Waals surface area contributed by atoms with Crippen molar-refractivity contribution in [2.24, 2.45) is 0 Å². The molecule has 8 heteroatoms. The van der Waals surface area contributed by atoms with Gasteiger partial charge in [0, 0.05) is 54.0 Å². The fourth-order valence-corrected chi connectivity index (χ4v) is 4.60. The number of anilines is 1. The number of nitrogens with zero attached hydrogens (tertiary/aromatic N) is 2. The van der Waals surface area contributed by atoms with Crippen LogP contribution >= 0.6 is 23.2 Å². The van der Waals surface area contributed by atoms with E-state index in [0.29, 0.717) is 53.9 Å². The maximum Gasteiger partial charge on any atom is 0.251 e. The van der Waals surface area contributed by atoms with E-state index in [4.69, 9.17) is 27.9 Å². The highest BCUT2D eigenvalue weighted by Gasteiger charge is 2.23. The highest BCUT2D eigenvalue weighted by Crippen LogP contribution is 2.26. The zero-order valence-electron chi connectivity index (χ0n) is 19.5. The normalized spacial score (nSPS) is 13.5. The SMILES string of the molecule is COc1cccc(CNC(=O)c2ccc(N3CCN(C(=O)Cc4c(Cl)cccc4Cl)CC3)cc2)c1. The third-order valence-corrected chi connectivity index (χ3v) is 6.81. The molecule has 0 saturated carbocycles. The first kappa shape index (κ1) is 24.9. The number of nitrogens with one attached hydrogen (secondary N) is 1. The average Bonchev–Trinajstić information content (AvgIpc) is 2.89. The van der Waals surface area contributed by atoms with E-state index in [1.807, 2.05) is 53.4 Å². The first-order valence-corrected chi connectivity index (χ1v) is 12.2. The standard InChI is InChI=1S/C27H27Cl2N3O3/c1-35-22-5-2-4-19(16-22)18-30-27(34)20-8-10-21(11-9-20)31-12-14-32(15-13-31)26(33)17-23-24(28)6-3-7-25(23)29/h2-11,16H,12-15,17-18H2,1H3,(H,30,34). The molecule has 6 nitrogen and oxygen atoms in total. The van der Waals surface area contributed by atoms with Gasteiger partial charge in [0.05, 0.1) is 13.5 Å². The average molecular weight is 512 g/mol. The van der Waals surface area contributed by atoms with Gasteiger partial charge in [0.2, 0.25) is 5.91 Å². The largest absolute Gasteiger partial charge is 0.497 e. The van der Waals surface area contributed by atoms with E-state index in [1.165, 1.54) is 0 Å². The molecular formula is C27H27Cl2N3O3. The number of piperazine rings is 1. The number of benzene rings is 3. The molecule has 0 spiro atoms. The molecule has 1 fully saturated rings. The Kier molecular flexibility index (Phi) is 8.16. The molecule has 3 aromatic carbocycles. The second kappa shape index (κ2) is 11.5. The minimum atomic E-state index is -0.131. The third-order valence-electron chi connectivity index (χ3n) is 6.10. The predicted octanol–water partition coefficient (Wildman–Crippen LogP) is 4.82. The molecule has 2 amide bonds. The second-order valence-corrected chi connectivity index (χ2v) is 9.14. The molecule has 1 N–H and O–H groups in total. The van der Waals surface area contributed by atoms with Gasteiger partial charge in [-0.15, -0.1) is 0 Å². The molecule has 182 valence electrons. The van der Waals surface area contributed by atoms with Gasteiger partial charge in [0.25, 0.3) is 5.91 Å². The number of hydrogen-bond donors (Lipinski definition) is 1. The van der Waals surface area contributed by atoms with Crippen molar-refractivity contribution in [2.75, 3.05) is 38.2 Å². The Morgan fingerprint density at radius 1 is 0.914 bits per heavy atom. The molecule has 0 aromatic heterocycles. The lowest BCUT2D eigenvalue weighted by Gasteiger charge is -2.36. The van der Waals surface area contributed by atoms with Crippen LogP contribution in [0.5, 0.6) is 5.75 Å². The molecule has 4 rings (SSSR count). The molecular weight excluding hydrogens is 485 g/mol. The molecule has 1 aliphatic heterocycles. The number of carbonyl (C=O) groups excluding carboxylic acids is 2. The van der Waals surface area contributed by atoms with Gasteiger partial charge in [0.1, 0.15) is 5.75 Å². The minimum absolute atomic E-state index is 0.0164. The molecule has 3 aromatic rings. The number of halogens is 2. The summed E-state index contributed by atoms with van der Waals surface area (Å²) in [6, 6.07) is 20.4. The van der Waals surface area contributed by atoms with Crippen LogP contribution in [0.4, 0.5) is 5.69 Å². The molecule has 1 heterocycles. The number of rotatable bonds is 7. The van der Waals surface area contributed by atoms with Crippen LogP contribution in [-0.2, 0) is 17.8 Å². The summed E-state index contributed by atoms with van der Waals surface area (Å²) in [5.74, 6) is 0.645. The van der Waals surface area contributed by atoms with E-state index >= 15 is 0 Å². The van der Waals surface area contributed by atoms with Crippen LogP contribution in [0, 0.1) is 0 Å². The van der Waals surface area contributed by atoms with Crippen LogP contribution in [-0.4, -0.2) is 50.0 Å². The second-order valence-electron chi connectivity index (χ2n) is 8.33. The van der Waals surface area contributed by atoms with E-state index in [1.54, 1.807) is 25.3 Å². The van der Waals surface area contributed by atoms with Gasteiger partial charge in [-0.2, -0.15) is 0 Å². The Labute approximate surface area is 215 Å². The van der Waals surface area contributed by atoms with Gasteiger partial charge in [-0.05, 0) is 59.7 Å². The number of methoxy groups -OCH3 is 1. The van der Waals surface area contributed by atoms with Crippen molar-refractivity contribution in [1.29, 1.82) is 0 Å². The molecule has 1 aliphatic rings. The van der Waals surface area contributed by atoms with Gasteiger partial charge in [-0.1, -0.05) is 41.4 Å². The lowest BCUT2D eigenvalue weighted by atomic mass is 10.1. The fraction of sp³-hybridized carbons (Fsp3) is 0.259. The molecule has 0 radical (unpaired) electrons. The molecule has 1 saturated heterocycles. The summed E-state index contributed by atoms with van der Waals surface area (Å²) in [4.78, 5) is 29.4. The fourth-order valence-electron chi connectivity index (χ4n) is 4.07. The molecule has 0 atom stereocenters. The number of amides is 2. The smallest absolute Gasteiger partial charge is 0.251 e. The number of hydrogen-bond acceptors (Lipinski definition) is 4. The first-order valence-electron chi connectivity index (χ1n) is 11.4. The third kappa shape index (κ3) is 6.27. The first-order chi connectivity index (χ1) is 16.9. The molecule has 35 heavy (non-hydrogen) atoms. The maximum atomic E-state index is 12.8. The lowest BCUT2D eigenvalue weighted by Crippen LogP contribution is -2.49.